The number of halogens is 2. The van der Waals surface area contributed by atoms with Crippen LogP contribution in [0.4, 0.5) is 15.8 Å². The third-order valence-electron chi connectivity index (χ3n) is 4.54. The maximum absolute atomic E-state index is 13.1. The van der Waals surface area contributed by atoms with Gasteiger partial charge in [-0.15, -0.1) is 0 Å². The molecule has 0 aromatic heterocycles. The van der Waals surface area contributed by atoms with E-state index < -0.39 is 17.6 Å². The smallest absolute Gasteiger partial charge is 0.257 e. The SMILES string of the molecule is COc1cc(C(=O)Nc2ccccc2C(=O)Nc2ccc(F)cc2)c(Br)c(OC)c1OC. The Morgan fingerprint density at radius 2 is 1.44 bits per heavy atom. The van der Waals surface area contributed by atoms with Gasteiger partial charge in [-0.1, -0.05) is 12.1 Å². The number of ether oxygens (including phenoxy) is 3. The molecule has 9 heteroatoms. The molecule has 166 valence electrons. The monoisotopic (exact) mass is 502 g/mol. The lowest BCUT2D eigenvalue weighted by Crippen LogP contribution is -2.19. The Balaban J connectivity index is 1.91. The third-order valence-corrected chi connectivity index (χ3v) is 5.32. The fourth-order valence-electron chi connectivity index (χ4n) is 3.00. The van der Waals surface area contributed by atoms with Crippen molar-refractivity contribution in [1.82, 2.24) is 0 Å². The number of benzene rings is 3. The molecule has 32 heavy (non-hydrogen) atoms. The van der Waals surface area contributed by atoms with Gasteiger partial charge in [-0.3, -0.25) is 9.59 Å². The molecule has 0 aliphatic rings. The number of carbonyl (C=O) groups excluding carboxylic acids is 2. The van der Waals surface area contributed by atoms with Gasteiger partial charge in [-0.05, 0) is 58.4 Å². The van der Waals surface area contributed by atoms with Crippen LogP contribution in [0, 0.1) is 5.82 Å². The van der Waals surface area contributed by atoms with Gasteiger partial charge >= 0.3 is 0 Å². The van der Waals surface area contributed by atoms with Crippen molar-refractivity contribution in [3.8, 4) is 17.2 Å². The van der Waals surface area contributed by atoms with Crippen molar-refractivity contribution < 1.29 is 28.2 Å². The lowest BCUT2D eigenvalue weighted by atomic mass is 10.1. The number of carbonyl (C=O) groups is 2. The summed E-state index contributed by atoms with van der Waals surface area (Å²) in [5, 5.41) is 5.42. The second-order valence-corrected chi connectivity index (χ2v) is 7.26. The second-order valence-electron chi connectivity index (χ2n) is 6.47. The Morgan fingerprint density at radius 1 is 0.812 bits per heavy atom. The zero-order valence-electron chi connectivity index (χ0n) is 17.5. The Kier molecular flexibility index (Phi) is 7.32. The highest BCUT2D eigenvalue weighted by molar-refractivity contribution is 9.10. The van der Waals surface area contributed by atoms with E-state index in [9.17, 15) is 14.0 Å². The van der Waals surface area contributed by atoms with E-state index in [-0.39, 0.29) is 16.8 Å². The topological polar surface area (TPSA) is 85.9 Å². The summed E-state index contributed by atoms with van der Waals surface area (Å²) in [6, 6.07) is 13.4. The molecule has 2 amide bonds. The van der Waals surface area contributed by atoms with Crippen LogP contribution in [0.15, 0.2) is 59.1 Å². The van der Waals surface area contributed by atoms with Crippen molar-refractivity contribution in [2.24, 2.45) is 0 Å². The van der Waals surface area contributed by atoms with Crippen LogP contribution in [0.1, 0.15) is 20.7 Å². The van der Waals surface area contributed by atoms with Gasteiger partial charge in [0.05, 0.1) is 42.6 Å². The summed E-state index contributed by atoms with van der Waals surface area (Å²) in [5.74, 6) is -0.446. The maximum Gasteiger partial charge on any atom is 0.257 e. The Morgan fingerprint density at radius 3 is 2.06 bits per heavy atom. The van der Waals surface area contributed by atoms with Crippen molar-refractivity contribution in [2.75, 3.05) is 32.0 Å². The Labute approximate surface area is 192 Å². The van der Waals surface area contributed by atoms with Crippen molar-refractivity contribution in [3.05, 3.63) is 76.0 Å². The zero-order valence-corrected chi connectivity index (χ0v) is 19.1. The van der Waals surface area contributed by atoms with Crippen molar-refractivity contribution in [2.45, 2.75) is 0 Å². The van der Waals surface area contributed by atoms with Crippen LogP contribution in [0.25, 0.3) is 0 Å². The minimum atomic E-state index is -0.502. The highest BCUT2D eigenvalue weighted by Gasteiger charge is 2.24. The highest BCUT2D eigenvalue weighted by Crippen LogP contribution is 2.44. The molecule has 0 heterocycles. The minimum Gasteiger partial charge on any atom is -0.493 e. The van der Waals surface area contributed by atoms with E-state index in [1.807, 2.05) is 0 Å². The molecule has 3 rings (SSSR count). The zero-order chi connectivity index (χ0) is 23.3. The number of methoxy groups -OCH3 is 3. The van der Waals surface area contributed by atoms with Gasteiger partial charge in [0, 0.05) is 5.69 Å². The van der Waals surface area contributed by atoms with Crippen LogP contribution in [0.5, 0.6) is 17.2 Å². The molecule has 0 unspecified atom stereocenters. The largest absolute Gasteiger partial charge is 0.493 e. The van der Waals surface area contributed by atoms with Crippen LogP contribution >= 0.6 is 15.9 Å². The summed E-state index contributed by atoms with van der Waals surface area (Å²) < 4.78 is 29.5. The number of amides is 2. The summed E-state index contributed by atoms with van der Waals surface area (Å²) in [7, 11) is 4.35. The standard InChI is InChI=1S/C23H20BrFN2O5/c1-30-18-12-16(19(24)21(32-3)20(18)31-2)23(29)27-17-7-5-4-6-15(17)22(28)26-14-10-8-13(25)9-11-14/h4-12H,1-3H3,(H,26,28)(H,27,29). The summed E-state index contributed by atoms with van der Waals surface area (Å²) in [4.78, 5) is 25.8. The van der Waals surface area contributed by atoms with Crippen LogP contribution in [0.3, 0.4) is 0 Å². The first-order valence-electron chi connectivity index (χ1n) is 9.35. The average molecular weight is 503 g/mol. The van der Waals surface area contributed by atoms with E-state index in [0.29, 0.717) is 27.4 Å². The van der Waals surface area contributed by atoms with Gasteiger partial charge in [-0.2, -0.15) is 0 Å². The maximum atomic E-state index is 13.1. The summed E-state index contributed by atoms with van der Waals surface area (Å²) in [6.07, 6.45) is 0. The number of para-hydroxylation sites is 1. The molecule has 0 aliphatic heterocycles. The van der Waals surface area contributed by atoms with Gasteiger partial charge in [0.1, 0.15) is 5.82 Å². The molecule has 0 fully saturated rings. The molecule has 2 N–H and O–H groups in total. The predicted octanol–water partition coefficient (Wildman–Crippen LogP) is 5.12. The first-order chi connectivity index (χ1) is 15.4. The summed E-state index contributed by atoms with van der Waals surface area (Å²) >= 11 is 3.38. The van der Waals surface area contributed by atoms with Crippen LogP contribution in [0.2, 0.25) is 0 Å². The van der Waals surface area contributed by atoms with E-state index in [0.717, 1.165) is 0 Å². The van der Waals surface area contributed by atoms with Gasteiger partial charge in [-0.25, -0.2) is 4.39 Å². The van der Waals surface area contributed by atoms with Gasteiger partial charge in [0.25, 0.3) is 11.8 Å². The van der Waals surface area contributed by atoms with Gasteiger partial charge in [0.2, 0.25) is 5.75 Å². The fraction of sp³-hybridized carbons (Fsp3) is 0.130. The molecule has 0 saturated carbocycles. The number of hydrogen-bond acceptors (Lipinski definition) is 5. The molecule has 0 bridgehead atoms. The third kappa shape index (κ3) is 4.83. The quantitative estimate of drug-likeness (QED) is 0.468. The van der Waals surface area contributed by atoms with Crippen molar-refractivity contribution in [3.63, 3.8) is 0 Å². The molecule has 0 atom stereocenters. The minimum absolute atomic E-state index is 0.216. The molecule has 3 aromatic rings. The summed E-state index contributed by atoms with van der Waals surface area (Å²) in [6.45, 7) is 0. The molecule has 0 saturated heterocycles. The molecule has 7 nitrogen and oxygen atoms in total. The van der Waals surface area contributed by atoms with Crippen molar-refractivity contribution in [1.29, 1.82) is 0 Å². The fourth-order valence-corrected chi connectivity index (χ4v) is 3.63. The van der Waals surface area contributed by atoms with Gasteiger partial charge in [0.15, 0.2) is 11.5 Å². The number of nitrogens with one attached hydrogen (secondary N) is 2. The first kappa shape index (κ1) is 23.1. The highest BCUT2D eigenvalue weighted by atomic mass is 79.9. The average Bonchev–Trinajstić information content (AvgIpc) is 2.80. The normalized spacial score (nSPS) is 10.3. The molecular formula is C23H20BrFN2O5. The van der Waals surface area contributed by atoms with Crippen molar-refractivity contribution >= 4 is 39.1 Å². The lowest BCUT2D eigenvalue weighted by Gasteiger charge is -2.17. The predicted molar refractivity (Wildman–Crippen MR) is 123 cm³/mol. The van der Waals surface area contributed by atoms with Crippen LogP contribution in [-0.2, 0) is 0 Å². The number of rotatable bonds is 7. The molecule has 0 aliphatic carbocycles. The van der Waals surface area contributed by atoms with E-state index >= 15 is 0 Å². The summed E-state index contributed by atoms with van der Waals surface area (Å²) in [5.41, 5.74) is 1.16. The Hall–Kier alpha value is -3.59. The molecule has 3 aromatic carbocycles. The lowest BCUT2D eigenvalue weighted by molar-refractivity contribution is 0.102. The molecule has 0 spiro atoms. The number of hydrogen-bond donors (Lipinski definition) is 2. The number of anilines is 2. The van der Waals surface area contributed by atoms with E-state index in [1.54, 1.807) is 24.3 Å². The van der Waals surface area contributed by atoms with E-state index in [2.05, 4.69) is 26.6 Å². The Bertz CT molecular complexity index is 1150. The molecular weight excluding hydrogens is 483 g/mol. The first-order valence-corrected chi connectivity index (χ1v) is 10.1. The second kappa shape index (κ2) is 10.1. The van der Waals surface area contributed by atoms with E-state index in [4.69, 9.17) is 14.2 Å². The van der Waals surface area contributed by atoms with E-state index in [1.165, 1.54) is 51.7 Å². The van der Waals surface area contributed by atoms with Gasteiger partial charge < -0.3 is 24.8 Å². The van der Waals surface area contributed by atoms with Crippen LogP contribution in [-0.4, -0.2) is 33.1 Å². The molecule has 0 radical (unpaired) electrons. The van der Waals surface area contributed by atoms with Crippen LogP contribution < -0.4 is 24.8 Å².